The zero-order valence-electron chi connectivity index (χ0n) is 12.4. The first kappa shape index (κ1) is 14.2. The molecule has 0 bridgehead atoms. The average molecular weight is 322 g/mol. The van der Waals surface area contributed by atoms with E-state index in [1.54, 1.807) is 4.68 Å². The molecule has 8 heteroatoms. The fourth-order valence-corrected chi connectivity index (χ4v) is 2.47. The summed E-state index contributed by atoms with van der Waals surface area (Å²) in [5.74, 6) is 0.0618. The van der Waals surface area contributed by atoms with Crippen molar-refractivity contribution in [2.24, 2.45) is 0 Å². The van der Waals surface area contributed by atoms with E-state index in [2.05, 4.69) is 20.5 Å². The van der Waals surface area contributed by atoms with Crippen LogP contribution in [0.3, 0.4) is 0 Å². The van der Waals surface area contributed by atoms with Gasteiger partial charge in [0.2, 0.25) is 0 Å². The Morgan fingerprint density at radius 2 is 1.92 bits per heavy atom. The Hall–Kier alpha value is -3.42. The summed E-state index contributed by atoms with van der Waals surface area (Å²) in [6.07, 6.45) is 1.37. The van der Waals surface area contributed by atoms with E-state index in [1.165, 1.54) is 29.1 Å². The minimum absolute atomic E-state index is 0.154. The number of fused-ring (bicyclic) bond motifs is 1. The Balaban J connectivity index is 1.76. The molecule has 118 valence electrons. The molecule has 24 heavy (non-hydrogen) atoms. The van der Waals surface area contributed by atoms with Crippen molar-refractivity contribution in [3.05, 3.63) is 76.9 Å². The number of tetrazole rings is 1. The predicted octanol–water partition coefficient (Wildman–Crippen LogP) is 1.56. The molecule has 0 aliphatic rings. The van der Waals surface area contributed by atoms with Crippen LogP contribution in [0.2, 0.25) is 0 Å². The van der Waals surface area contributed by atoms with Gasteiger partial charge in [-0.05, 0) is 34.7 Å². The van der Waals surface area contributed by atoms with Crippen LogP contribution < -0.4 is 5.56 Å². The SMILES string of the molecule is O=c1c2ccc(F)cc2ncn1Cc1nnnn1-c1ccccc1. The first-order valence-corrected chi connectivity index (χ1v) is 7.20. The van der Waals surface area contributed by atoms with Gasteiger partial charge in [0, 0.05) is 6.07 Å². The van der Waals surface area contributed by atoms with Gasteiger partial charge in [-0.2, -0.15) is 4.68 Å². The molecule has 2 aromatic heterocycles. The summed E-state index contributed by atoms with van der Waals surface area (Å²) >= 11 is 0. The third-order valence-corrected chi connectivity index (χ3v) is 3.63. The van der Waals surface area contributed by atoms with Gasteiger partial charge in [0.15, 0.2) is 5.82 Å². The molecule has 4 rings (SSSR count). The second-order valence-corrected chi connectivity index (χ2v) is 5.18. The molecule has 4 aromatic rings. The van der Waals surface area contributed by atoms with Crippen molar-refractivity contribution in [3.8, 4) is 5.69 Å². The van der Waals surface area contributed by atoms with E-state index in [4.69, 9.17) is 0 Å². The molecule has 0 spiro atoms. The average Bonchev–Trinajstić information content (AvgIpc) is 3.06. The van der Waals surface area contributed by atoms with Crippen LogP contribution in [-0.4, -0.2) is 29.8 Å². The Bertz CT molecular complexity index is 1070. The summed E-state index contributed by atoms with van der Waals surface area (Å²) in [5, 5.41) is 12.0. The lowest BCUT2D eigenvalue weighted by Gasteiger charge is -2.07. The van der Waals surface area contributed by atoms with Crippen LogP contribution in [0.1, 0.15) is 5.82 Å². The lowest BCUT2D eigenvalue weighted by atomic mass is 10.2. The van der Waals surface area contributed by atoms with Crippen LogP contribution in [0, 0.1) is 5.82 Å². The predicted molar refractivity (Wildman–Crippen MR) is 84.2 cm³/mol. The third kappa shape index (κ3) is 2.43. The first-order valence-electron chi connectivity index (χ1n) is 7.20. The zero-order valence-corrected chi connectivity index (χ0v) is 12.4. The van der Waals surface area contributed by atoms with Crippen LogP contribution >= 0.6 is 0 Å². The van der Waals surface area contributed by atoms with E-state index < -0.39 is 5.82 Å². The van der Waals surface area contributed by atoms with E-state index >= 15 is 0 Å². The molecular formula is C16H11FN6O. The van der Waals surface area contributed by atoms with E-state index in [9.17, 15) is 9.18 Å². The Labute approximate surface area is 135 Å². The zero-order chi connectivity index (χ0) is 16.5. The number of aromatic nitrogens is 6. The van der Waals surface area contributed by atoms with Crippen molar-refractivity contribution in [2.75, 3.05) is 0 Å². The van der Waals surface area contributed by atoms with Gasteiger partial charge < -0.3 is 0 Å². The molecular weight excluding hydrogens is 311 g/mol. The number of halogens is 1. The van der Waals surface area contributed by atoms with Gasteiger partial charge in [-0.1, -0.05) is 18.2 Å². The summed E-state index contributed by atoms with van der Waals surface area (Å²) in [4.78, 5) is 16.7. The van der Waals surface area contributed by atoms with E-state index in [0.29, 0.717) is 16.7 Å². The summed E-state index contributed by atoms with van der Waals surface area (Å²) in [6, 6.07) is 13.3. The Morgan fingerprint density at radius 3 is 2.75 bits per heavy atom. The van der Waals surface area contributed by atoms with E-state index in [0.717, 1.165) is 5.69 Å². The van der Waals surface area contributed by atoms with Crippen LogP contribution in [0.4, 0.5) is 4.39 Å². The van der Waals surface area contributed by atoms with Crippen molar-refractivity contribution >= 4 is 10.9 Å². The number of para-hydroxylation sites is 1. The molecule has 0 radical (unpaired) electrons. The van der Waals surface area contributed by atoms with E-state index in [-0.39, 0.29) is 12.1 Å². The van der Waals surface area contributed by atoms with Gasteiger partial charge in [-0.25, -0.2) is 9.37 Å². The summed E-state index contributed by atoms with van der Waals surface area (Å²) in [7, 11) is 0. The molecule has 0 aliphatic heterocycles. The Morgan fingerprint density at radius 1 is 1.08 bits per heavy atom. The van der Waals surface area contributed by atoms with Crippen molar-refractivity contribution in [1.29, 1.82) is 0 Å². The molecule has 0 atom stereocenters. The highest BCUT2D eigenvalue weighted by atomic mass is 19.1. The maximum atomic E-state index is 13.2. The van der Waals surface area contributed by atoms with Gasteiger partial charge in [0.05, 0.1) is 29.5 Å². The van der Waals surface area contributed by atoms with Crippen LogP contribution in [0.5, 0.6) is 0 Å². The van der Waals surface area contributed by atoms with Crippen molar-refractivity contribution < 1.29 is 4.39 Å². The minimum atomic E-state index is -0.430. The van der Waals surface area contributed by atoms with Gasteiger partial charge >= 0.3 is 0 Å². The van der Waals surface area contributed by atoms with Gasteiger partial charge in [0.1, 0.15) is 5.82 Å². The van der Waals surface area contributed by atoms with Crippen LogP contribution in [0.15, 0.2) is 59.7 Å². The highest BCUT2D eigenvalue weighted by Crippen LogP contribution is 2.10. The largest absolute Gasteiger partial charge is 0.291 e. The standard InChI is InChI=1S/C16H11FN6O/c17-11-6-7-13-14(8-11)18-10-22(16(13)24)9-15-19-20-21-23(15)12-4-2-1-3-5-12/h1-8,10H,9H2. The lowest BCUT2D eigenvalue weighted by molar-refractivity contribution is 0.628. The molecule has 0 N–H and O–H groups in total. The molecule has 7 nitrogen and oxygen atoms in total. The lowest BCUT2D eigenvalue weighted by Crippen LogP contribution is -2.23. The van der Waals surface area contributed by atoms with Crippen molar-refractivity contribution in [1.82, 2.24) is 29.8 Å². The maximum Gasteiger partial charge on any atom is 0.261 e. The summed E-state index contributed by atoms with van der Waals surface area (Å²) in [5.41, 5.74) is 0.836. The van der Waals surface area contributed by atoms with Crippen molar-refractivity contribution in [2.45, 2.75) is 6.54 Å². The summed E-state index contributed by atoms with van der Waals surface area (Å²) < 4.78 is 16.2. The van der Waals surface area contributed by atoms with Gasteiger partial charge in [-0.3, -0.25) is 9.36 Å². The number of hydrogen-bond donors (Lipinski definition) is 0. The Kier molecular flexibility index (Phi) is 3.34. The molecule has 0 aliphatic carbocycles. The number of nitrogens with zero attached hydrogens (tertiary/aromatic N) is 6. The molecule has 2 heterocycles. The summed E-state index contributed by atoms with van der Waals surface area (Å²) in [6.45, 7) is 0.154. The third-order valence-electron chi connectivity index (χ3n) is 3.63. The number of rotatable bonds is 3. The fourth-order valence-electron chi connectivity index (χ4n) is 2.47. The highest BCUT2D eigenvalue weighted by molar-refractivity contribution is 5.77. The molecule has 0 amide bonds. The number of hydrogen-bond acceptors (Lipinski definition) is 5. The van der Waals surface area contributed by atoms with Crippen molar-refractivity contribution in [3.63, 3.8) is 0 Å². The first-order chi connectivity index (χ1) is 11.7. The fraction of sp³-hybridized carbons (Fsp3) is 0.0625. The normalized spacial score (nSPS) is 11.0. The minimum Gasteiger partial charge on any atom is -0.291 e. The molecule has 0 fully saturated rings. The second-order valence-electron chi connectivity index (χ2n) is 5.18. The van der Waals surface area contributed by atoms with E-state index in [1.807, 2.05) is 30.3 Å². The van der Waals surface area contributed by atoms with Gasteiger partial charge in [0.25, 0.3) is 5.56 Å². The van der Waals surface area contributed by atoms with Crippen LogP contribution in [-0.2, 0) is 6.54 Å². The molecule has 2 aromatic carbocycles. The smallest absolute Gasteiger partial charge is 0.261 e. The molecule has 0 saturated carbocycles. The molecule has 0 unspecified atom stereocenters. The monoisotopic (exact) mass is 322 g/mol. The highest BCUT2D eigenvalue weighted by Gasteiger charge is 2.11. The van der Waals surface area contributed by atoms with Gasteiger partial charge in [-0.15, -0.1) is 5.10 Å². The second kappa shape index (κ2) is 5.65. The topological polar surface area (TPSA) is 78.5 Å². The number of benzene rings is 2. The molecule has 0 saturated heterocycles. The van der Waals surface area contributed by atoms with Crippen LogP contribution in [0.25, 0.3) is 16.6 Å². The quantitative estimate of drug-likeness (QED) is 0.572. The maximum absolute atomic E-state index is 13.2.